The molecule has 0 spiro atoms. The van der Waals surface area contributed by atoms with Crippen molar-refractivity contribution in [2.45, 2.75) is 13.5 Å². The van der Waals surface area contributed by atoms with Crippen molar-refractivity contribution >= 4 is 16.5 Å². The lowest BCUT2D eigenvalue weighted by atomic mass is 10.1. The molecular formula is C13H20N2OS. The summed E-state index contributed by atoms with van der Waals surface area (Å²) in [5.41, 5.74) is 3.92. The molecule has 0 unspecified atom stereocenters. The van der Waals surface area contributed by atoms with Gasteiger partial charge in [0.1, 0.15) is 0 Å². The minimum atomic E-state index is -0.607. The maximum absolute atomic E-state index is 11.4. The zero-order valence-corrected chi connectivity index (χ0v) is 11.3. The Morgan fingerprint density at radius 3 is 2.71 bits per heavy atom. The fraction of sp³-hybridized carbons (Fsp3) is 0.538. The second-order valence-electron chi connectivity index (χ2n) is 4.50. The van der Waals surface area contributed by atoms with Crippen molar-refractivity contribution in [2.24, 2.45) is 0 Å². The predicted octanol–water partition coefficient (Wildman–Crippen LogP) is 1.28. The first kappa shape index (κ1) is 12.6. The van der Waals surface area contributed by atoms with E-state index in [0.717, 1.165) is 31.1 Å². The van der Waals surface area contributed by atoms with Gasteiger partial charge in [0.15, 0.2) is 0 Å². The van der Waals surface area contributed by atoms with Crippen LogP contribution in [-0.2, 0) is 17.3 Å². The Hall–Kier alpha value is -0.870. The number of nitrogens with zero attached hydrogens (tertiary/aromatic N) is 1. The van der Waals surface area contributed by atoms with Crippen LogP contribution in [0.2, 0.25) is 0 Å². The number of rotatable bonds is 3. The van der Waals surface area contributed by atoms with E-state index in [-0.39, 0.29) is 0 Å². The zero-order valence-electron chi connectivity index (χ0n) is 10.5. The third-order valence-electron chi connectivity index (χ3n) is 3.12. The Kier molecular flexibility index (Phi) is 4.18. The summed E-state index contributed by atoms with van der Waals surface area (Å²) in [5.74, 6) is 1.60. The molecule has 0 atom stereocenters. The molecule has 0 aliphatic carbocycles. The van der Waals surface area contributed by atoms with Gasteiger partial charge in [0.2, 0.25) is 0 Å². The Balaban J connectivity index is 2.21. The third kappa shape index (κ3) is 3.07. The molecule has 1 aliphatic heterocycles. The summed E-state index contributed by atoms with van der Waals surface area (Å²) >= 11 is 0. The number of benzene rings is 1. The lowest BCUT2D eigenvalue weighted by molar-refractivity contribution is 0.672. The molecule has 0 radical (unpaired) electrons. The van der Waals surface area contributed by atoms with Gasteiger partial charge in [-0.05, 0) is 25.6 Å². The highest BCUT2D eigenvalue weighted by Gasteiger charge is 2.17. The van der Waals surface area contributed by atoms with Crippen LogP contribution in [0.25, 0.3) is 0 Å². The molecule has 0 bridgehead atoms. The summed E-state index contributed by atoms with van der Waals surface area (Å²) < 4.78 is 11.4. The molecule has 1 saturated heterocycles. The molecule has 0 aromatic heterocycles. The molecule has 1 N–H and O–H groups in total. The van der Waals surface area contributed by atoms with Crippen molar-refractivity contribution in [2.75, 3.05) is 36.5 Å². The maximum Gasteiger partial charge on any atom is 0.0412 e. The summed E-state index contributed by atoms with van der Waals surface area (Å²) in [5, 5.41) is 3.21. The van der Waals surface area contributed by atoms with E-state index >= 15 is 0 Å². The molecule has 0 saturated carbocycles. The van der Waals surface area contributed by atoms with Crippen LogP contribution in [0.4, 0.5) is 5.69 Å². The van der Waals surface area contributed by atoms with Crippen molar-refractivity contribution < 1.29 is 4.21 Å². The number of anilines is 1. The fourth-order valence-corrected chi connectivity index (χ4v) is 3.29. The predicted molar refractivity (Wildman–Crippen MR) is 74.0 cm³/mol. The molecular weight excluding hydrogens is 232 g/mol. The normalized spacial score (nSPS) is 17.4. The van der Waals surface area contributed by atoms with Gasteiger partial charge in [-0.25, -0.2) is 0 Å². The maximum atomic E-state index is 11.4. The SMILES string of the molecule is CNCc1cc(C)ccc1N1CCS(=O)CC1. The standard InChI is InChI=1S/C13H20N2OS/c1-11-3-4-13(12(9-11)10-14-2)15-5-7-17(16)8-6-15/h3-4,9,14H,5-8,10H2,1-2H3. The molecule has 17 heavy (non-hydrogen) atoms. The Bertz CT molecular complexity index is 410. The molecule has 4 heteroatoms. The minimum Gasteiger partial charge on any atom is -0.369 e. The molecule has 1 aromatic rings. The Morgan fingerprint density at radius 1 is 1.35 bits per heavy atom. The lowest BCUT2D eigenvalue weighted by Gasteiger charge is -2.30. The Morgan fingerprint density at radius 2 is 2.06 bits per heavy atom. The first-order chi connectivity index (χ1) is 8.20. The van der Waals surface area contributed by atoms with Gasteiger partial charge in [-0.1, -0.05) is 17.7 Å². The Labute approximate surface area is 106 Å². The summed E-state index contributed by atoms with van der Waals surface area (Å²) in [6, 6.07) is 6.58. The highest BCUT2D eigenvalue weighted by molar-refractivity contribution is 7.85. The van der Waals surface area contributed by atoms with E-state index in [4.69, 9.17) is 0 Å². The average molecular weight is 252 g/mol. The van der Waals surface area contributed by atoms with Crippen LogP contribution in [0.3, 0.4) is 0 Å². The van der Waals surface area contributed by atoms with Gasteiger partial charge in [-0.2, -0.15) is 0 Å². The van der Waals surface area contributed by atoms with Gasteiger partial charge in [-0.3, -0.25) is 4.21 Å². The second-order valence-corrected chi connectivity index (χ2v) is 6.19. The number of nitrogens with one attached hydrogen (secondary N) is 1. The van der Waals surface area contributed by atoms with Crippen molar-refractivity contribution in [3.05, 3.63) is 29.3 Å². The summed E-state index contributed by atoms with van der Waals surface area (Å²) in [6.45, 7) is 4.82. The first-order valence-corrected chi connectivity index (χ1v) is 7.53. The molecule has 94 valence electrons. The van der Waals surface area contributed by atoms with Crippen LogP contribution in [-0.4, -0.2) is 35.9 Å². The number of hydrogen-bond acceptors (Lipinski definition) is 3. The second kappa shape index (κ2) is 5.65. The zero-order chi connectivity index (χ0) is 12.3. The van der Waals surface area contributed by atoms with Gasteiger partial charge in [-0.15, -0.1) is 0 Å². The van der Waals surface area contributed by atoms with Crippen LogP contribution in [0.5, 0.6) is 0 Å². The smallest absolute Gasteiger partial charge is 0.0412 e. The molecule has 0 amide bonds. The van der Waals surface area contributed by atoms with E-state index in [2.05, 4.69) is 35.3 Å². The van der Waals surface area contributed by atoms with Crippen molar-refractivity contribution in [3.63, 3.8) is 0 Å². The number of aryl methyl sites for hydroxylation is 1. The highest BCUT2D eigenvalue weighted by Crippen LogP contribution is 2.23. The van der Waals surface area contributed by atoms with E-state index in [1.54, 1.807) is 0 Å². The fourth-order valence-electron chi connectivity index (χ4n) is 2.23. The molecule has 1 heterocycles. The van der Waals surface area contributed by atoms with E-state index < -0.39 is 10.8 Å². The third-order valence-corrected chi connectivity index (χ3v) is 4.40. The summed E-state index contributed by atoms with van der Waals surface area (Å²) in [7, 11) is 1.36. The molecule has 1 fully saturated rings. The van der Waals surface area contributed by atoms with Gasteiger partial charge < -0.3 is 10.2 Å². The van der Waals surface area contributed by atoms with Crippen LogP contribution >= 0.6 is 0 Å². The van der Waals surface area contributed by atoms with Gasteiger partial charge in [0.25, 0.3) is 0 Å². The van der Waals surface area contributed by atoms with E-state index in [9.17, 15) is 4.21 Å². The number of hydrogen-bond donors (Lipinski definition) is 1. The van der Waals surface area contributed by atoms with Crippen molar-refractivity contribution in [1.82, 2.24) is 5.32 Å². The largest absolute Gasteiger partial charge is 0.369 e. The summed E-state index contributed by atoms with van der Waals surface area (Å²) in [4.78, 5) is 2.35. The topological polar surface area (TPSA) is 32.3 Å². The lowest BCUT2D eigenvalue weighted by Crippen LogP contribution is -2.38. The molecule has 1 aliphatic rings. The van der Waals surface area contributed by atoms with Gasteiger partial charge in [0, 0.05) is 47.6 Å². The minimum absolute atomic E-state index is 0.607. The van der Waals surface area contributed by atoms with Crippen LogP contribution in [0, 0.1) is 6.92 Å². The van der Waals surface area contributed by atoms with Gasteiger partial charge >= 0.3 is 0 Å². The monoisotopic (exact) mass is 252 g/mol. The van der Waals surface area contributed by atoms with E-state index in [1.165, 1.54) is 16.8 Å². The molecule has 3 nitrogen and oxygen atoms in total. The molecule has 2 rings (SSSR count). The van der Waals surface area contributed by atoms with Crippen molar-refractivity contribution in [3.8, 4) is 0 Å². The van der Waals surface area contributed by atoms with Gasteiger partial charge in [0.05, 0.1) is 0 Å². The molecule has 1 aromatic carbocycles. The first-order valence-electron chi connectivity index (χ1n) is 6.05. The average Bonchev–Trinajstić information content (AvgIpc) is 2.31. The summed E-state index contributed by atoms with van der Waals surface area (Å²) in [6.07, 6.45) is 0. The van der Waals surface area contributed by atoms with Crippen LogP contribution in [0.15, 0.2) is 18.2 Å². The van der Waals surface area contributed by atoms with E-state index in [1.807, 2.05) is 7.05 Å². The van der Waals surface area contributed by atoms with E-state index in [0.29, 0.717) is 0 Å². The van der Waals surface area contributed by atoms with Crippen LogP contribution < -0.4 is 10.2 Å². The van der Waals surface area contributed by atoms with Crippen LogP contribution in [0.1, 0.15) is 11.1 Å². The van der Waals surface area contributed by atoms with Crippen molar-refractivity contribution in [1.29, 1.82) is 0 Å². The quantitative estimate of drug-likeness (QED) is 0.879. The highest BCUT2D eigenvalue weighted by atomic mass is 32.2.